The van der Waals surface area contributed by atoms with E-state index in [1.165, 1.54) is 4.90 Å². The minimum Gasteiger partial charge on any atom is -0.491 e. The van der Waals surface area contributed by atoms with Crippen LogP contribution in [-0.2, 0) is 0 Å². The Kier molecular flexibility index (Phi) is 6.71. The van der Waals surface area contributed by atoms with Gasteiger partial charge in [0.1, 0.15) is 18.9 Å². The normalized spacial score (nSPS) is 11.9. The highest BCUT2D eigenvalue weighted by molar-refractivity contribution is 5.49. The molecule has 1 aromatic carbocycles. The van der Waals surface area contributed by atoms with E-state index in [9.17, 15) is 15.2 Å². The van der Waals surface area contributed by atoms with Gasteiger partial charge in [-0.15, -0.1) is 0 Å². The molecule has 0 spiro atoms. The zero-order valence-electron chi connectivity index (χ0n) is 10.9. The van der Waals surface area contributed by atoms with Crippen molar-refractivity contribution in [3.8, 4) is 5.75 Å². The van der Waals surface area contributed by atoms with E-state index in [0.717, 1.165) is 0 Å². The summed E-state index contributed by atoms with van der Waals surface area (Å²) >= 11 is 0. The number of nitro groups is 1. The summed E-state index contributed by atoms with van der Waals surface area (Å²) in [6, 6.07) is 6.62. The summed E-state index contributed by atoms with van der Waals surface area (Å²) in [5.41, 5.74) is 0.622. The summed E-state index contributed by atoms with van der Waals surface area (Å²) in [6.45, 7) is -0.146. The summed E-state index contributed by atoms with van der Waals surface area (Å²) in [6.07, 6.45) is -1.72. The number of ether oxygens (including phenoxy) is 1. The number of hydrogen-bond donors (Lipinski definition) is 3. The van der Waals surface area contributed by atoms with Gasteiger partial charge in [-0.05, 0) is 24.3 Å². The number of hydrogen-bond acceptors (Lipinski definition) is 7. The molecule has 20 heavy (non-hydrogen) atoms. The largest absolute Gasteiger partial charge is 0.491 e. The first kappa shape index (κ1) is 16.2. The third-order valence-electron chi connectivity index (χ3n) is 2.56. The van der Waals surface area contributed by atoms with Crippen LogP contribution in [0.5, 0.6) is 5.75 Å². The quantitative estimate of drug-likeness (QED) is 0.317. The van der Waals surface area contributed by atoms with Gasteiger partial charge in [0.05, 0.1) is 18.1 Å². The lowest BCUT2D eigenvalue weighted by Gasteiger charge is -2.23. The molecule has 8 nitrogen and oxygen atoms in total. The number of rotatable bonds is 9. The Morgan fingerprint density at radius 2 is 1.90 bits per heavy atom. The van der Waals surface area contributed by atoms with Crippen molar-refractivity contribution in [1.29, 1.82) is 0 Å². The van der Waals surface area contributed by atoms with E-state index in [-0.39, 0.29) is 32.9 Å². The van der Waals surface area contributed by atoms with Gasteiger partial charge in [0.2, 0.25) is 0 Å². The van der Waals surface area contributed by atoms with Crippen LogP contribution in [0.4, 0.5) is 5.69 Å². The molecule has 1 rings (SSSR count). The molecule has 0 aliphatic heterocycles. The molecule has 1 unspecified atom stereocenters. The van der Waals surface area contributed by atoms with Crippen LogP contribution in [0, 0.1) is 10.1 Å². The fourth-order valence-corrected chi connectivity index (χ4v) is 1.63. The second-order valence-corrected chi connectivity index (χ2v) is 4.00. The molecule has 112 valence electrons. The van der Waals surface area contributed by atoms with Crippen molar-refractivity contribution < 1.29 is 25.0 Å². The fourth-order valence-electron chi connectivity index (χ4n) is 1.63. The molecule has 0 fully saturated rings. The third-order valence-corrected chi connectivity index (χ3v) is 2.56. The summed E-state index contributed by atoms with van der Waals surface area (Å²) in [4.78, 5) is 11.2. The molecule has 0 saturated heterocycles. The van der Waals surface area contributed by atoms with Crippen molar-refractivity contribution >= 4 is 5.69 Å². The lowest BCUT2D eigenvalue weighted by Crippen LogP contribution is -2.38. The molecule has 0 aliphatic carbocycles. The standard InChI is InChI=1S/C12H18N2O6/c15-6-5-13(9-12(17)14(18)19)10-1-3-11(4-2-10)20-8-7-16/h1-4,12,15-17H,5-9H2. The molecule has 1 aromatic rings. The average molecular weight is 286 g/mol. The van der Waals surface area contributed by atoms with E-state index in [0.29, 0.717) is 11.4 Å². The number of aliphatic hydroxyl groups excluding tert-OH is 3. The van der Waals surface area contributed by atoms with Crippen LogP contribution in [0.3, 0.4) is 0 Å². The van der Waals surface area contributed by atoms with Gasteiger partial charge in [-0.25, -0.2) is 0 Å². The maximum absolute atomic E-state index is 10.5. The molecule has 0 amide bonds. The smallest absolute Gasteiger partial charge is 0.330 e. The number of anilines is 1. The lowest BCUT2D eigenvalue weighted by atomic mass is 10.2. The van der Waals surface area contributed by atoms with Gasteiger partial charge in [0, 0.05) is 12.2 Å². The van der Waals surface area contributed by atoms with Gasteiger partial charge in [-0.2, -0.15) is 0 Å². The van der Waals surface area contributed by atoms with Crippen molar-refractivity contribution in [2.75, 3.05) is 37.8 Å². The Labute approximate surface area is 116 Å². The number of nitrogens with zero attached hydrogens (tertiary/aromatic N) is 2. The van der Waals surface area contributed by atoms with Crippen molar-refractivity contribution in [2.45, 2.75) is 6.23 Å². The molecular formula is C12H18N2O6. The lowest BCUT2D eigenvalue weighted by molar-refractivity contribution is -0.566. The molecule has 0 bridgehead atoms. The SMILES string of the molecule is O=[N+]([O-])C(O)CN(CCO)c1ccc(OCCO)cc1. The van der Waals surface area contributed by atoms with Crippen LogP contribution in [0.1, 0.15) is 0 Å². The van der Waals surface area contributed by atoms with Crippen LogP contribution in [0.15, 0.2) is 24.3 Å². The molecule has 0 aliphatic rings. The van der Waals surface area contributed by atoms with Crippen molar-refractivity contribution in [3.63, 3.8) is 0 Å². The molecule has 0 heterocycles. The third kappa shape index (κ3) is 5.00. The van der Waals surface area contributed by atoms with Crippen LogP contribution in [-0.4, -0.2) is 59.4 Å². The molecule has 3 N–H and O–H groups in total. The van der Waals surface area contributed by atoms with Gasteiger partial charge in [0.15, 0.2) is 0 Å². The minimum atomic E-state index is -1.72. The summed E-state index contributed by atoms with van der Waals surface area (Å²) in [5, 5.41) is 37.4. The van der Waals surface area contributed by atoms with Gasteiger partial charge in [0.25, 0.3) is 0 Å². The Bertz CT molecular complexity index is 411. The van der Waals surface area contributed by atoms with Crippen LogP contribution in [0.25, 0.3) is 0 Å². The highest BCUT2D eigenvalue weighted by atomic mass is 16.7. The van der Waals surface area contributed by atoms with E-state index in [2.05, 4.69) is 0 Å². The molecule has 1 atom stereocenters. The summed E-state index contributed by atoms with van der Waals surface area (Å²) < 4.78 is 5.19. The van der Waals surface area contributed by atoms with E-state index in [4.69, 9.17) is 14.9 Å². The maximum atomic E-state index is 10.5. The predicted octanol–water partition coefficient (Wildman–Crippen LogP) is -0.549. The van der Waals surface area contributed by atoms with Crippen molar-refractivity contribution in [3.05, 3.63) is 34.4 Å². The number of aliphatic hydroxyl groups is 3. The predicted molar refractivity (Wildman–Crippen MR) is 71.3 cm³/mol. The average Bonchev–Trinajstić information content (AvgIpc) is 2.45. The molecule has 0 radical (unpaired) electrons. The van der Waals surface area contributed by atoms with E-state index in [1.807, 2.05) is 0 Å². The van der Waals surface area contributed by atoms with Crippen molar-refractivity contribution in [2.24, 2.45) is 0 Å². The van der Waals surface area contributed by atoms with Crippen LogP contribution >= 0.6 is 0 Å². The molecule has 8 heteroatoms. The minimum absolute atomic E-state index is 0.0899. The fraction of sp³-hybridized carbons (Fsp3) is 0.500. The first-order chi connectivity index (χ1) is 9.58. The van der Waals surface area contributed by atoms with Gasteiger partial charge in [-0.3, -0.25) is 10.1 Å². The van der Waals surface area contributed by atoms with E-state index < -0.39 is 11.2 Å². The summed E-state index contributed by atoms with van der Waals surface area (Å²) in [5.74, 6) is 0.557. The zero-order valence-corrected chi connectivity index (χ0v) is 10.9. The zero-order chi connectivity index (χ0) is 15.0. The number of benzene rings is 1. The van der Waals surface area contributed by atoms with Gasteiger partial charge >= 0.3 is 6.23 Å². The van der Waals surface area contributed by atoms with Crippen LogP contribution in [0.2, 0.25) is 0 Å². The second kappa shape index (κ2) is 8.31. The second-order valence-electron chi connectivity index (χ2n) is 4.00. The van der Waals surface area contributed by atoms with E-state index >= 15 is 0 Å². The highest BCUT2D eigenvalue weighted by Gasteiger charge is 2.20. The van der Waals surface area contributed by atoms with Gasteiger partial charge in [-0.1, -0.05) is 0 Å². The molecule has 0 aromatic heterocycles. The Morgan fingerprint density at radius 1 is 1.25 bits per heavy atom. The monoisotopic (exact) mass is 286 g/mol. The Hall–Kier alpha value is -1.90. The van der Waals surface area contributed by atoms with Gasteiger partial charge < -0.3 is 25.0 Å². The van der Waals surface area contributed by atoms with E-state index in [1.54, 1.807) is 24.3 Å². The topological polar surface area (TPSA) is 116 Å². The molecular weight excluding hydrogens is 268 g/mol. The Morgan fingerprint density at radius 3 is 2.40 bits per heavy atom. The van der Waals surface area contributed by atoms with Crippen molar-refractivity contribution in [1.82, 2.24) is 0 Å². The summed E-state index contributed by atoms with van der Waals surface area (Å²) in [7, 11) is 0. The van der Waals surface area contributed by atoms with Crippen LogP contribution < -0.4 is 9.64 Å². The Balaban J connectivity index is 2.73. The molecule has 0 saturated carbocycles. The maximum Gasteiger partial charge on any atom is 0.330 e. The first-order valence-corrected chi connectivity index (χ1v) is 6.09. The first-order valence-electron chi connectivity index (χ1n) is 6.09. The highest BCUT2D eigenvalue weighted by Crippen LogP contribution is 2.19.